The summed E-state index contributed by atoms with van der Waals surface area (Å²) in [7, 11) is 0. The molecule has 0 amide bonds. The number of benzene rings is 2. The van der Waals surface area contributed by atoms with Gasteiger partial charge in [0, 0.05) is 11.1 Å². The summed E-state index contributed by atoms with van der Waals surface area (Å²) in [5, 5.41) is 13.6. The second-order valence-corrected chi connectivity index (χ2v) is 4.85. The molecule has 1 heterocycles. The van der Waals surface area contributed by atoms with Gasteiger partial charge < -0.3 is 9.63 Å². The van der Waals surface area contributed by atoms with E-state index in [0.29, 0.717) is 22.6 Å². The molecule has 3 rings (SSSR count). The molecule has 0 saturated carbocycles. The second kappa shape index (κ2) is 5.50. The molecule has 0 radical (unpaired) electrons. The molecule has 0 saturated heterocycles. The SMILES string of the molecule is Cc1cccc(-c2onc(-c3ccccc3F)c2CO)c1. The summed E-state index contributed by atoms with van der Waals surface area (Å²) < 4.78 is 19.3. The number of hydrogen-bond acceptors (Lipinski definition) is 3. The van der Waals surface area contributed by atoms with Crippen molar-refractivity contribution >= 4 is 0 Å². The molecule has 106 valence electrons. The molecule has 0 aliphatic rings. The van der Waals surface area contributed by atoms with Crippen LogP contribution in [0.25, 0.3) is 22.6 Å². The lowest BCUT2D eigenvalue weighted by atomic mass is 10.0. The summed E-state index contributed by atoms with van der Waals surface area (Å²) in [5.74, 6) is 0.0794. The Morgan fingerprint density at radius 3 is 2.67 bits per heavy atom. The Bertz CT molecular complexity index is 780. The molecule has 4 heteroatoms. The Morgan fingerprint density at radius 1 is 1.14 bits per heavy atom. The van der Waals surface area contributed by atoms with Gasteiger partial charge in [0.2, 0.25) is 0 Å². The van der Waals surface area contributed by atoms with Gasteiger partial charge in [0.25, 0.3) is 0 Å². The molecule has 0 aliphatic heterocycles. The zero-order valence-corrected chi connectivity index (χ0v) is 11.5. The largest absolute Gasteiger partial charge is 0.391 e. The first kappa shape index (κ1) is 13.5. The Hall–Kier alpha value is -2.46. The molecule has 1 N–H and O–H groups in total. The van der Waals surface area contributed by atoms with Gasteiger partial charge in [-0.2, -0.15) is 0 Å². The van der Waals surface area contributed by atoms with Gasteiger partial charge in [0.15, 0.2) is 5.76 Å². The zero-order valence-electron chi connectivity index (χ0n) is 11.5. The van der Waals surface area contributed by atoms with Gasteiger partial charge in [-0.15, -0.1) is 0 Å². The third-order valence-corrected chi connectivity index (χ3v) is 3.36. The average molecular weight is 283 g/mol. The van der Waals surface area contributed by atoms with Crippen LogP contribution >= 0.6 is 0 Å². The van der Waals surface area contributed by atoms with Crippen LogP contribution in [0.2, 0.25) is 0 Å². The Balaban J connectivity index is 2.16. The molecule has 2 aromatic carbocycles. The number of aliphatic hydroxyl groups is 1. The molecular weight excluding hydrogens is 269 g/mol. The molecule has 0 spiro atoms. The number of nitrogens with zero attached hydrogens (tertiary/aromatic N) is 1. The predicted octanol–water partition coefficient (Wildman–Crippen LogP) is 3.95. The van der Waals surface area contributed by atoms with E-state index in [0.717, 1.165) is 11.1 Å². The fraction of sp³-hybridized carbons (Fsp3) is 0.118. The number of halogens is 1. The molecule has 21 heavy (non-hydrogen) atoms. The first-order valence-electron chi connectivity index (χ1n) is 6.62. The van der Waals surface area contributed by atoms with Crippen molar-refractivity contribution < 1.29 is 14.0 Å². The van der Waals surface area contributed by atoms with Gasteiger partial charge in [0.05, 0.1) is 12.2 Å². The highest BCUT2D eigenvalue weighted by molar-refractivity contribution is 5.73. The van der Waals surface area contributed by atoms with Crippen LogP contribution < -0.4 is 0 Å². The number of aliphatic hydroxyl groups excluding tert-OH is 1. The van der Waals surface area contributed by atoms with Crippen molar-refractivity contribution in [1.29, 1.82) is 0 Å². The van der Waals surface area contributed by atoms with Crippen LogP contribution in [0.4, 0.5) is 4.39 Å². The van der Waals surface area contributed by atoms with E-state index in [4.69, 9.17) is 4.52 Å². The molecule has 0 fully saturated rings. The minimum Gasteiger partial charge on any atom is -0.391 e. The fourth-order valence-electron chi connectivity index (χ4n) is 2.33. The quantitative estimate of drug-likeness (QED) is 0.791. The molecule has 0 bridgehead atoms. The maximum atomic E-state index is 13.9. The van der Waals surface area contributed by atoms with E-state index in [9.17, 15) is 9.50 Å². The molecule has 0 atom stereocenters. The normalized spacial score (nSPS) is 10.8. The van der Waals surface area contributed by atoms with Crippen molar-refractivity contribution in [1.82, 2.24) is 5.16 Å². The second-order valence-electron chi connectivity index (χ2n) is 4.85. The highest BCUT2D eigenvalue weighted by Crippen LogP contribution is 2.33. The maximum absolute atomic E-state index is 13.9. The summed E-state index contributed by atoms with van der Waals surface area (Å²) in [5.41, 5.74) is 3.04. The summed E-state index contributed by atoms with van der Waals surface area (Å²) in [6.45, 7) is 1.70. The van der Waals surface area contributed by atoms with E-state index in [2.05, 4.69) is 5.16 Å². The molecule has 3 aromatic rings. The summed E-state index contributed by atoms with van der Waals surface area (Å²) >= 11 is 0. The molecule has 3 nitrogen and oxygen atoms in total. The minimum atomic E-state index is -0.392. The highest BCUT2D eigenvalue weighted by atomic mass is 19.1. The van der Waals surface area contributed by atoms with Crippen LogP contribution in [0, 0.1) is 12.7 Å². The number of aromatic nitrogens is 1. The van der Waals surface area contributed by atoms with E-state index < -0.39 is 5.82 Å². The van der Waals surface area contributed by atoms with E-state index in [-0.39, 0.29) is 6.61 Å². The topological polar surface area (TPSA) is 46.3 Å². The van der Waals surface area contributed by atoms with E-state index >= 15 is 0 Å². The predicted molar refractivity (Wildman–Crippen MR) is 78.0 cm³/mol. The molecular formula is C17H14FNO2. The summed E-state index contributed by atoms with van der Waals surface area (Å²) in [6.07, 6.45) is 0. The van der Waals surface area contributed by atoms with Crippen LogP contribution in [0.15, 0.2) is 53.1 Å². The lowest BCUT2D eigenvalue weighted by Gasteiger charge is -2.03. The molecule has 0 aliphatic carbocycles. The third kappa shape index (κ3) is 2.45. The molecule has 1 aromatic heterocycles. The van der Waals surface area contributed by atoms with E-state index in [1.165, 1.54) is 6.07 Å². The van der Waals surface area contributed by atoms with Crippen molar-refractivity contribution in [3.05, 3.63) is 65.5 Å². The van der Waals surface area contributed by atoms with Crippen molar-refractivity contribution in [3.63, 3.8) is 0 Å². The number of hydrogen-bond donors (Lipinski definition) is 1. The lowest BCUT2D eigenvalue weighted by Crippen LogP contribution is -1.91. The monoisotopic (exact) mass is 283 g/mol. The first-order valence-corrected chi connectivity index (χ1v) is 6.62. The van der Waals surface area contributed by atoms with Gasteiger partial charge in [-0.1, -0.05) is 41.1 Å². The van der Waals surface area contributed by atoms with E-state index in [1.54, 1.807) is 18.2 Å². The summed E-state index contributed by atoms with van der Waals surface area (Å²) in [6, 6.07) is 14.0. The zero-order chi connectivity index (χ0) is 14.8. The number of rotatable bonds is 3. The lowest BCUT2D eigenvalue weighted by molar-refractivity contribution is 0.281. The smallest absolute Gasteiger partial charge is 0.173 e. The van der Waals surface area contributed by atoms with Crippen molar-refractivity contribution in [2.45, 2.75) is 13.5 Å². The van der Waals surface area contributed by atoms with Gasteiger partial charge in [-0.3, -0.25) is 0 Å². The van der Waals surface area contributed by atoms with Gasteiger partial charge in [0.1, 0.15) is 11.5 Å². The van der Waals surface area contributed by atoms with Gasteiger partial charge in [-0.05, 0) is 25.1 Å². The fourth-order valence-corrected chi connectivity index (χ4v) is 2.33. The van der Waals surface area contributed by atoms with E-state index in [1.807, 2.05) is 31.2 Å². The van der Waals surface area contributed by atoms with Crippen LogP contribution in [-0.4, -0.2) is 10.3 Å². The van der Waals surface area contributed by atoms with Crippen LogP contribution in [0.5, 0.6) is 0 Å². The third-order valence-electron chi connectivity index (χ3n) is 3.36. The van der Waals surface area contributed by atoms with Crippen molar-refractivity contribution in [2.24, 2.45) is 0 Å². The Labute approximate surface area is 121 Å². The van der Waals surface area contributed by atoms with Gasteiger partial charge >= 0.3 is 0 Å². The summed E-state index contributed by atoms with van der Waals surface area (Å²) in [4.78, 5) is 0. The van der Waals surface area contributed by atoms with Crippen LogP contribution in [0.1, 0.15) is 11.1 Å². The van der Waals surface area contributed by atoms with Crippen LogP contribution in [-0.2, 0) is 6.61 Å². The van der Waals surface area contributed by atoms with Crippen molar-refractivity contribution in [2.75, 3.05) is 0 Å². The Kier molecular flexibility index (Phi) is 3.54. The highest BCUT2D eigenvalue weighted by Gasteiger charge is 2.20. The standard InChI is InChI=1S/C17H14FNO2/c1-11-5-4-6-12(9-11)17-14(10-20)16(19-21-17)13-7-2-3-8-15(13)18/h2-9,20H,10H2,1H3. The Morgan fingerprint density at radius 2 is 1.95 bits per heavy atom. The first-order chi connectivity index (χ1) is 10.2. The average Bonchev–Trinajstić information content (AvgIpc) is 2.91. The number of aryl methyl sites for hydroxylation is 1. The molecule has 0 unspecified atom stereocenters. The maximum Gasteiger partial charge on any atom is 0.173 e. The van der Waals surface area contributed by atoms with Crippen molar-refractivity contribution in [3.8, 4) is 22.6 Å². The van der Waals surface area contributed by atoms with Gasteiger partial charge in [-0.25, -0.2) is 4.39 Å². The van der Waals surface area contributed by atoms with Crippen LogP contribution in [0.3, 0.4) is 0 Å². The minimum absolute atomic E-state index is 0.267.